The molecule has 4 aliphatic rings. The zero-order valence-electron chi connectivity index (χ0n) is 13.7. The summed E-state index contributed by atoms with van der Waals surface area (Å²) in [6.45, 7) is 3.79. The average Bonchev–Trinajstić information content (AvgIpc) is 3.15. The number of ketones is 2. The predicted molar refractivity (Wildman–Crippen MR) is 83.1 cm³/mol. The van der Waals surface area contributed by atoms with Crippen molar-refractivity contribution in [3.8, 4) is 0 Å². The lowest BCUT2D eigenvalue weighted by Crippen LogP contribution is -2.64. The Labute approximate surface area is 136 Å². The first-order chi connectivity index (χ1) is 10.9. The highest BCUT2D eigenvalue weighted by molar-refractivity contribution is 6.14. The monoisotopic (exact) mass is 314 g/mol. The van der Waals surface area contributed by atoms with Crippen LogP contribution in [-0.4, -0.2) is 24.6 Å². The summed E-state index contributed by atoms with van der Waals surface area (Å²) in [5, 5.41) is 0. The molecule has 2 bridgehead atoms. The molecule has 0 aromatic heterocycles. The molecule has 0 spiro atoms. The maximum Gasteiger partial charge on any atom is 0.320 e. The Morgan fingerprint density at radius 2 is 1.74 bits per heavy atom. The summed E-state index contributed by atoms with van der Waals surface area (Å²) in [5.41, 5.74) is -1.33. The van der Waals surface area contributed by atoms with Gasteiger partial charge in [-0.3, -0.25) is 14.4 Å². The number of fused-ring (bicyclic) bond motifs is 6. The van der Waals surface area contributed by atoms with Crippen LogP contribution in [0.5, 0.6) is 0 Å². The number of carbonyl (C=O) groups is 3. The van der Waals surface area contributed by atoms with Crippen molar-refractivity contribution in [2.45, 2.75) is 20.3 Å². The predicted octanol–water partition coefficient (Wildman–Crippen LogP) is 2.19. The van der Waals surface area contributed by atoms with Crippen LogP contribution >= 0.6 is 0 Å². The lowest BCUT2D eigenvalue weighted by atomic mass is 9.48. The van der Waals surface area contributed by atoms with Gasteiger partial charge in [0.15, 0.2) is 5.78 Å². The SMILES string of the molecule is COC(=O)[C@]12C(=O)C3C(C(=O)[C@@H]1C(C)C=CC2C)[C@@H]1C=C[C@@H]3C1. The van der Waals surface area contributed by atoms with Crippen LogP contribution in [0.25, 0.3) is 0 Å². The topological polar surface area (TPSA) is 60.4 Å². The first-order valence-corrected chi connectivity index (χ1v) is 8.47. The van der Waals surface area contributed by atoms with Gasteiger partial charge in [-0.15, -0.1) is 0 Å². The van der Waals surface area contributed by atoms with E-state index < -0.39 is 17.3 Å². The molecule has 2 fully saturated rings. The average molecular weight is 314 g/mol. The van der Waals surface area contributed by atoms with Crippen LogP contribution in [0.15, 0.2) is 24.3 Å². The van der Waals surface area contributed by atoms with E-state index in [9.17, 15) is 14.4 Å². The van der Waals surface area contributed by atoms with E-state index in [2.05, 4.69) is 12.2 Å². The Bertz CT molecular complexity index is 660. The van der Waals surface area contributed by atoms with E-state index in [1.54, 1.807) is 0 Å². The summed E-state index contributed by atoms with van der Waals surface area (Å²) in [6.07, 6.45) is 8.91. The summed E-state index contributed by atoms with van der Waals surface area (Å²) in [5.74, 6) is -1.80. The fourth-order valence-electron chi connectivity index (χ4n) is 5.80. The second-order valence-electron chi connectivity index (χ2n) is 7.64. The van der Waals surface area contributed by atoms with Crippen molar-refractivity contribution in [1.82, 2.24) is 0 Å². The lowest BCUT2D eigenvalue weighted by molar-refractivity contribution is -0.179. The maximum atomic E-state index is 13.5. The van der Waals surface area contributed by atoms with Crippen LogP contribution in [0.1, 0.15) is 20.3 Å². The minimum Gasteiger partial charge on any atom is -0.468 e. The van der Waals surface area contributed by atoms with Gasteiger partial charge in [-0.25, -0.2) is 0 Å². The normalized spacial score (nSPS) is 50.0. The number of carbonyl (C=O) groups excluding carboxylic acids is 3. The van der Waals surface area contributed by atoms with E-state index in [0.717, 1.165) is 6.42 Å². The molecule has 0 saturated heterocycles. The molecular formula is C19H22O4. The summed E-state index contributed by atoms with van der Waals surface area (Å²) >= 11 is 0. The van der Waals surface area contributed by atoms with Crippen molar-refractivity contribution in [2.75, 3.05) is 7.11 Å². The number of esters is 1. The van der Waals surface area contributed by atoms with Gasteiger partial charge in [0.25, 0.3) is 0 Å². The van der Waals surface area contributed by atoms with Gasteiger partial charge in [0, 0.05) is 17.8 Å². The lowest BCUT2D eigenvalue weighted by Gasteiger charge is -2.51. The van der Waals surface area contributed by atoms with E-state index in [0.29, 0.717) is 0 Å². The van der Waals surface area contributed by atoms with Gasteiger partial charge < -0.3 is 4.74 Å². The van der Waals surface area contributed by atoms with Crippen molar-refractivity contribution in [3.63, 3.8) is 0 Å². The molecular weight excluding hydrogens is 292 g/mol. The molecule has 0 radical (unpaired) electrons. The Morgan fingerprint density at radius 3 is 2.39 bits per heavy atom. The fourth-order valence-corrected chi connectivity index (χ4v) is 5.80. The first-order valence-electron chi connectivity index (χ1n) is 8.47. The van der Waals surface area contributed by atoms with Crippen molar-refractivity contribution < 1.29 is 19.1 Å². The molecule has 4 nitrogen and oxygen atoms in total. The smallest absolute Gasteiger partial charge is 0.320 e. The van der Waals surface area contributed by atoms with E-state index in [1.165, 1.54) is 7.11 Å². The molecule has 0 amide bonds. The molecule has 8 atom stereocenters. The zero-order chi connectivity index (χ0) is 16.5. The number of Topliss-reactive ketones (excluding diaryl/α,β-unsaturated/α-hetero) is 2. The molecule has 23 heavy (non-hydrogen) atoms. The van der Waals surface area contributed by atoms with Crippen molar-refractivity contribution in [1.29, 1.82) is 0 Å². The highest BCUT2D eigenvalue weighted by Gasteiger charge is 2.70. The van der Waals surface area contributed by atoms with E-state index in [4.69, 9.17) is 4.74 Å². The van der Waals surface area contributed by atoms with Crippen LogP contribution in [0.2, 0.25) is 0 Å². The summed E-state index contributed by atoms with van der Waals surface area (Å²) in [7, 11) is 1.31. The standard InChI is InChI=1S/C19H22O4/c1-9-4-5-10(2)19(18(22)23-3)15(9)16(20)13-11-6-7-12(8-11)14(13)17(19)21/h4-7,9-15H,8H2,1-3H3/t9?,10?,11-,12-,13?,14?,15+,19+/m1/s1. The third-order valence-corrected chi connectivity index (χ3v) is 6.77. The number of allylic oxidation sites excluding steroid dienone is 4. The van der Waals surface area contributed by atoms with E-state index in [1.807, 2.05) is 26.0 Å². The molecule has 4 unspecified atom stereocenters. The molecule has 4 heteroatoms. The van der Waals surface area contributed by atoms with Crippen LogP contribution in [-0.2, 0) is 19.1 Å². The Balaban J connectivity index is 1.93. The molecule has 0 aromatic rings. The number of hydrogen-bond donors (Lipinski definition) is 0. The number of methoxy groups -OCH3 is 1. The van der Waals surface area contributed by atoms with Crippen molar-refractivity contribution in [2.24, 2.45) is 46.8 Å². The van der Waals surface area contributed by atoms with Gasteiger partial charge in [-0.1, -0.05) is 38.2 Å². The molecule has 2 saturated carbocycles. The Hall–Kier alpha value is -1.71. The summed E-state index contributed by atoms with van der Waals surface area (Å²) < 4.78 is 5.05. The maximum absolute atomic E-state index is 13.5. The van der Waals surface area contributed by atoms with Gasteiger partial charge in [0.2, 0.25) is 0 Å². The Morgan fingerprint density at radius 1 is 1.09 bits per heavy atom. The molecule has 0 heterocycles. The van der Waals surface area contributed by atoms with Crippen LogP contribution < -0.4 is 0 Å². The molecule has 4 rings (SSSR count). The molecule has 0 aliphatic heterocycles. The highest BCUT2D eigenvalue weighted by Crippen LogP contribution is 2.61. The Kier molecular flexibility index (Phi) is 3.00. The van der Waals surface area contributed by atoms with E-state index >= 15 is 0 Å². The van der Waals surface area contributed by atoms with Gasteiger partial charge in [-0.2, -0.15) is 0 Å². The summed E-state index contributed by atoms with van der Waals surface area (Å²) in [6, 6.07) is 0. The third-order valence-electron chi connectivity index (χ3n) is 6.77. The van der Waals surface area contributed by atoms with Crippen LogP contribution in [0, 0.1) is 46.8 Å². The molecule has 0 aromatic carbocycles. The van der Waals surface area contributed by atoms with Crippen molar-refractivity contribution >= 4 is 17.5 Å². The zero-order valence-corrected chi connectivity index (χ0v) is 13.7. The van der Waals surface area contributed by atoms with Gasteiger partial charge in [0.05, 0.1) is 7.11 Å². The third kappa shape index (κ3) is 1.54. The minimum absolute atomic E-state index is 0.0560. The number of rotatable bonds is 1. The van der Waals surface area contributed by atoms with Crippen LogP contribution in [0.4, 0.5) is 0 Å². The van der Waals surface area contributed by atoms with Crippen molar-refractivity contribution in [3.05, 3.63) is 24.3 Å². The first kappa shape index (κ1) is 14.9. The fraction of sp³-hybridized carbons (Fsp3) is 0.632. The second-order valence-corrected chi connectivity index (χ2v) is 7.64. The van der Waals surface area contributed by atoms with Gasteiger partial charge in [0.1, 0.15) is 11.2 Å². The molecule has 0 N–H and O–H groups in total. The highest BCUT2D eigenvalue weighted by atomic mass is 16.5. The molecule has 4 aliphatic carbocycles. The van der Waals surface area contributed by atoms with E-state index in [-0.39, 0.29) is 47.1 Å². The quantitative estimate of drug-likeness (QED) is 0.423. The van der Waals surface area contributed by atoms with Crippen LogP contribution in [0.3, 0.4) is 0 Å². The van der Waals surface area contributed by atoms with Gasteiger partial charge >= 0.3 is 5.97 Å². The van der Waals surface area contributed by atoms with Gasteiger partial charge in [-0.05, 0) is 30.1 Å². The minimum atomic E-state index is -1.33. The number of hydrogen-bond acceptors (Lipinski definition) is 4. The summed E-state index contributed by atoms with van der Waals surface area (Å²) in [4.78, 5) is 39.6. The molecule has 122 valence electrons. The second kappa shape index (κ2) is 4.65. The largest absolute Gasteiger partial charge is 0.468 e. The number of ether oxygens (including phenoxy) is 1.